The molecule has 0 aromatic carbocycles. The van der Waals surface area contributed by atoms with Crippen LogP contribution >= 0.6 is 0 Å². The Bertz CT molecular complexity index is 165. The molecule has 5 nitrogen and oxygen atoms in total. The Morgan fingerprint density at radius 2 is 2.09 bits per heavy atom. The summed E-state index contributed by atoms with van der Waals surface area (Å²) in [6.07, 6.45) is 0. The van der Waals surface area contributed by atoms with Crippen LogP contribution in [0.5, 0.6) is 0 Å². The lowest BCUT2D eigenvalue weighted by molar-refractivity contribution is -0.115. The van der Waals surface area contributed by atoms with Gasteiger partial charge >= 0.3 is 0 Å². The van der Waals surface area contributed by atoms with E-state index < -0.39 is 5.91 Å². The largest absolute Gasteiger partial charge is 0.352 e. The van der Waals surface area contributed by atoms with E-state index in [4.69, 9.17) is 5.21 Å². The summed E-state index contributed by atoms with van der Waals surface area (Å²) in [7, 11) is 1.47. The van der Waals surface area contributed by atoms with Gasteiger partial charge in [-0.2, -0.15) is 0 Å². The maximum atomic E-state index is 10.8. The minimum absolute atomic E-state index is 0.0260. The predicted octanol–water partition coefficient (Wildman–Crippen LogP) is -0.482. The number of nitrogens with one attached hydrogen (secondary N) is 2. The van der Waals surface area contributed by atoms with E-state index in [9.17, 15) is 4.79 Å². The number of carbonyl (C=O) groups excluding carboxylic acids is 1. The van der Waals surface area contributed by atoms with Crippen LogP contribution in [0, 0.1) is 0 Å². The van der Waals surface area contributed by atoms with Crippen molar-refractivity contribution in [3.63, 3.8) is 0 Å². The van der Waals surface area contributed by atoms with Crippen molar-refractivity contribution in [3.8, 4) is 0 Å². The van der Waals surface area contributed by atoms with Gasteiger partial charge in [-0.25, -0.2) is 5.48 Å². The molecule has 1 amide bonds. The molecule has 0 rings (SSSR count). The van der Waals surface area contributed by atoms with Crippen LogP contribution in [0.1, 0.15) is 13.8 Å². The summed E-state index contributed by atoms with van der Waals surface area (Å²) in [5.74, 6) is -0.497. The molecule has 0 spiro atoms. The molecule has 0 saturated carbocycles. The summed E-state index contributed by atoms with van der Waals surface area (Å²) in [6.45, 7) is 3.61. The number of nitrogens with zero attached hydrogens (tertiary/aromatic N) is 1. The Morgan fingerprint density at radius 3 is 2.36 bits per heavy atom. The average Bonchev–Trinajstić information content (AvgIpc) is 1.98. The van der Waals surface area contributed by atoms with Crippen LogP contribution < -0.4 is 10.8 Å². The number of amidine groups is 1. The number of rotatable bonds is 1. The third-order valence-corrected chi connectivity index (χ3v) is 0.935. The van der Waals surface area contributed by atoms with E-state index in [1.807, 2.05) is 0 Å². The minimum Gasteiger partial charge on any atom is -0.352 e. The van der Waals surface area contributed by atoms with Gasteiger partial charge in [-0.3, -0.25) is 15.0 Å². The molecule has 0 aromatic rings. The highest BCUT2D eigenvalue weighted by Gasteiger charge is 2.07. The van der Waals surface area contributed by atoms with Crippen molar-refractivity contribution in [3.05, 3.63) is 0 Å². The molecular weight excluding hydrogens is 146 g/mol. The topological polar surface area (TPSA) is 73.7 Å². The van der Waals surface area contributed by atoms with E-state index in [1.54, 1.807) is 19.3 Å². The smallest absolute Gasteiger partial charge is 0.288 e. The van der Waals surface area contributed by atoms with E-state index in [0.29, 0.717) is 0 Å². The van der Waals surface area contributed by atoms with Crippen molar-refractivity contribution in [2.24, 2.45) is 4.99 Å². The molecule has 0 aliphatic rings. The van der Waals surface area contributed by atoms with E-state index in [1.165, 1.54) is 7.05 Å². The summed E-state index contributed by atoms with van der Waals surface area (Å²) in [5, 5.41) is 10.8. The van der Waals surface area contributed by atoms with Gasteiger partial charge in [0.2, 0.25) is 5.84 Å². The Kier molecular flexibility index (Phi) is 4.21. The van der Waals surface area contributed by atoms with Crippen LogP contribution in [-0.2, 0) is 4.79 Å². The fraction of sp³-hybridized carbons (Fsp3) is 0.667. The van der Waals surface area contributed by atoms with Gasteiger partial charge in [-0.1, -0.05) is 0 Å². The van der Waals surface area contributed by atoms with E-state index in [0.717, 1.165) is 0 Å². The van der Waals surface area contributed by atoms with Gasteiger partial charge in [0.25, 0.3) is 5.91 Å². The predicted molar refractivity (Wildman–Crippen MR) is 41.6 cm³/mol. The van der Waals surface area contributed by atoms with Gasteiger partial charge in [-0.05, 0) is 13.8 Å². The molecule has 5 heteroatoms. The van der Waals surface area contributed by atoms with Crippen LogP contribution in [0.25, 0.3) is 0 Å². The maximum Gasteiger partial charge on any atom is 0.288 e. The Hall–Kier alpha value is -1.10. The SMILES string of the molecule is CNC(=O)C(=NC(C)C)NO. The summed E-state index contributed by atoms with van der Waals surface area (Å²) < 4.78 is 0. The third-order valence-electron chi connectivity index (χ3n) is 0.935. The minimum atomic E-state index is -0.429. The second kappa shape index (κ2) is 4.68. The van der Waals surface area contributed by atoms with E-state index >= 15 is 0 Å². The Morgan fingerprint density at radius 1 is 1.55 bits per heavy atom. The van der Waals surface area contributed by atoms with Gasteiger partial charge in [-0.15, -0.1) is 0 Å². The van der Waals surface area contributed by atoms with Crippen molar-refractivity contribution in [1.29, 1.82) is 0 Å². The lowest BCUT2D eigenvalue weighted by Crippen LogP contribution is -2.37. The van der Waals surface area contributed by atoms with Gasteiger partial charge in [0.05, 0.1) is 0 Å². The highest BCUT2D eigenvalue weighted by molar-refractivity contribution is 6.37. The Balaban J connectivity index is 4.27. The molecule has 0 aliphatic heterocycles. The molecule has 0 atom stereocenters. The maximum absolute atomic E-state index is 10.8. The van der Waals surface area contributed by atoms with Gasteiger partial charge in [0, 0.05) is 13.1 Å². The van der Waals surface area contributed by atoms with Crippen molar-refractivity contribution >= 4 is 11.7 Å². The van der Waals surface area contributed by atoms with Gasteiger partial charge < -0.3 is 5.32 Å². The average molecular weight is 159 g/mol. The lowest BCUT2D eigenvalue weighted by atomic mass is 10.4. The number of hydrogen-bond donors (Lipinski definition) is 3. The molecule has 0 heterocycles. The first-order valence-corrected chi connectivity index (χ1v) is 3.31. The zero-order valence-corrected chi connectivity index (χ0v) is 6.88. The molecule has 0 unspecified atom stereocenters. The number of hydrogen-bond acceptors (Lipinski definition) is 3. The summed E-state index contributed by atoms with van der Waals surface area (Å²) in [4.78, 5) is 14.6. The van der Waals surface area contributed by atoms with Crippen molar-refractivity contribution in [1.82, 2.24) is 10.8 Å². The van der Waals surface area contributed by atoms with E-state index in [-0.39, 0.29) is 11.9 Å². The molecule has 0 aromatic heterocycles. The number of hydroxylamine groups is 1. The zero-order valence-electron chi connectivity index (χ0n) is 6.88. The van der Waals surface area contributed by atoms with E-state index in [2.05, 4.69) is 10.3 Å². The lowest BCUT2D eigenvalue weighted by Gasteiger charge is -2.03. The first-order chi connectivity index (χ1) is 5.11. The molecule has 0 bridgehead atoms. The molecule has 0 radical (unpaired) electrons. The van der Waals surface area contributed by atoms with Crippen LogP contribution in [-0.4, -0.2) is 30.0 Å². The standard InChI is InChI=1S/C6H13N3O2/c1-4(2)8-5(9-11)6(10)7-3/h4,11H,1-3H3,(H,7,10)(H,8,9). The van der Waals surface area contributed by atoms with Crippen molar-refractivity contribution < 1.29 is 10.0 Å². The highest BCUT2D eigenvalue weighted by Crippen LogP contribution is 1.86. The molecule has 0 fully saturated rings. The monoisotopic (exact) mass is 159 g/mol. The number of aliphatic imine (C=N–C) groups is 1. The Labute approximate surface area is 65.5 Å². The molecule has 0 saturated heterocycles. The number of likely N-dealkylation sites (N-methyl/N-ethyl adjacent to an activating group) is 1. The summed E-state index contributed by atoms with van der Waals surface area (Å²) >= 11 is 0. The zero-order chi connectivity index (χ0) is 8.85. The third kappa shape index (κ3) is 3.57. The number of amides is 1. The van der Waals surface area contributed by atoms with Crippen molar-refractivity contribution in [2.45, 2.75) is 19.9 Å². The fourth-order valence-electron chi connectivity index (χ4n) is 0.515. The molecule has 11 heavy (non-hydrogen) atoms. The molecule has 3 N–H and O–H groups in total. The quantitative estimate of drug-likeness (QED) is 0.275. The first-order valence-electron chi connectivity index (χ1n) is 3.31. The van der Waals surface area contributed by atoms with Crippen LogP contribution in [0.4, 0.5) is 0 Å². The first kappa shape index (κ1) is 9.90. The van der Waals surface area contributed by atoms with Crippen LogP contribution in [0.2, 0.25) is 0 Å². The normalized spacial score (nSPS) is 11.5. The summed E-state index contributed by atoms with van der Waals surface area (Å²) in [5.41, 5.74) is 1.72. The van der Waals surface area contributed by atoms with Gasteiger partial charge in [0.15, 0.2) is 0 Å². The second-order valence-corrected chi connectivity index (χ2v) is 2.26. The highest BCUT2D eigenvalue weighted by atomic mass is 16.5. The molecule has 0 aliphatic carbocycles. The molecular formula is C6H13N3O2. The van der Waals surface area contributed by atoms with Crippen molar-refractivity contribution in [2.75, 3.05) is 7.05 Å². The second-order valence-electron chi connectivity index (χ2n) is 2.26. The summed E-state index contributed by atoms with van der Waals surface area (Å²) in [6, 6.07) is -0.0260. The van der Waals surface area contributed by atoms with Gasteiger partial charge in [0.1, 0.15) is 0 Å². The number of carbonyl (C=O) groups is 1. The van der Waals surface area contributed by atoms with Crippen LogP contribution in [0.15, 0.2) is 4.99 Å². The fourth-order valence-corrected chi connectivity index (χ4v) is 0.515. The van der Waals surface area contributed by atoms with Crippen LogP contribution in [0.3, 0.4) is 0 Å². The molecule has 64 valence electrons.